The number of halogens is 2. The van der Waals surface area contributed by atoms with Gasteiger partial charge in [0.15, 0.2) is 5.65 Å². The second-order valence-corrected chi connectivity index (χ2v) is 4.48. The molecule has 0 atom stereocenters. The molecule has 0 N–H and O–H groups in total. The van der Waals surface area contributed by atoms with Gasteiger partial charge in [0.1, 0.15) is 5.15 Å². The highest BCUT2D eigenvalue weighted by atomic mass is 79.9. The van der Waals surface area contributed by atoms with Crippen molar-refractivity contribution in [1.29, 1.82) is 0 Å². The van der Waals surface area contributed by atoms with E-state index in [1.807, 2.05) is 18.2 Å². The van der Waals surface area contributed by atoms with E-state index in [2.05, 4.69) is 26.0 Å². The Labute approximate surface area is 98.8 Å². The van der Waals surface area contributed by atoms with Crippen LogP contribution in [0.4, 0.5) is 0 Å². The number of rotatable bonds is 0. The van der Waals surface area contributed by atoms with Crippen LogP contribution < -0.4 is 0 Å². The van der Waals surface area contributed by atoms with E-state index in [4.69, 9.17) is 11.6 Å². The fraction of sp³-hybridized carbons (Fsp3) is 0. The average Bonchev–Trinajstić information content (AvgIpc) is 2.56. The lowest BCUT2D eigenvalue weighted by Gasteiger charge is -1.92. The lowest BCUT2D eigenvalue weighted by molar-refractivity contribution is 0.957. The highest BCUT2D eigenvalue weighted by Gasteiger charge is 2.06. The van der Waals surface area contributed by atoms with Crippen LogP contribution in [0, 0.1) is 0 Å². The monoisotopic (exact) mass is 281 g/mol. The lowest BCUT2D eigenvalue weighted by Crippen LogP contribution is -1.87. The molecule has 0 saturated carbocycles. The van der Waals surface area contributed by atoms with E-state index in [1.165, 1.54) is 0 Å². The molecule has 74 valence electrons. The molecule has 0 aliphatic rings. The van der Waals surface area contributed by atoms with Crippen LogP contribution in [0.15, 0.2) is 34.9 Å². The van der Waals surface area contributed by atoms with E-state index in [0.29, 0.717) is 5.15 Å². The van der Waals surface area contributed by atoms with E-state index in [-0.39, 0.29) is 0 Å². The Hall–Kier alpha value is -1.13. The molecule has 0 amide bonds. The van der Waals surface area contributed by atoms with Gasteiger partial charge in [-0.2, -0.15) is 5.10 Å². The molecule has 0 saturated heterocycles. The first-order chi connectivity index (χ1) is 7.24. The van der Waals surface area contributed by atoms with Crippen molar-refractivity contribution >= 4 is 44.1 Å². The summed E-state index contributed by atoms with van der Waals surface area (Å²) in [7, 11) is 0. The Morgan fingerprint density at radius 3 is 3.00 bits per heavy atom. The Balaban J connectivity index is 2.55. The summed E-state index contributed by atoms with van der Waals surface area (Å²) in [5.74, 6) is 0. The minimum absolute atomic E-state index is 0.476. The van der Waals surface area contributed by atoms with Gasteiger partial charge in [0, 0.05) is 16.1 Å². The quantitative estimate of drug-likeness (QED) is 0.592. The zero-order valence-corrected chi connectivity index (χ0v) is 9.83. The molecule has 2 aromatic heterocycles. The number of nitrogens with zero attached hydrogens (tertiary/aromatic N) is 3. The van der Waals surface area contributed by atoms with Crippen molar-refractivity contribution in [3.05, 3.63) is 40.1 Å². The SMILES string of the molecule is Clc1ccn2nc3ccc(Br)cc3c2n1. The molecule has 1 aromatic carbocycles. The number of benzene rings is 1. The first-order valence-corrected chi connectivity index (χ1v) is 5.51. The molecule has 0 fully saturated rings. The molecule has 0 unspecified atom stereocenters. The fourth-order valence-corrected chi connectivity index (χ4v) is 2.04. The normalized spacial score (nSPS) is 11.3. The number of fused-ring (bicyclic) bond motifs is 3. The summed E-state index contributed by atoms with van der Waals surface area (Å²) in [6, 6.07) is 7.61. The molecule has 3 nitrogen and oxygen atoms in total. The molecule has 0 aliphatic heterocycles. The molecule has 0 spiro atoms. The van der Waals surface area contributed by atoms with Gasteiger partial charge in [-0.05, 0) is 24.3 Å². The summed E-state index contributed by atoms with van der Waals surface area (Å²) in [5, 5.41) is 5.84. The first-order valence-electron chi connectivity index (χ1n) is 4.34. The predicted molar refractivity (Wildman–Crippen MR) is 63.2 cm³/mol. The van der Waals surface area contributed by atoms with Crippen molar-refractivity contribution in [1.82, 2.24) is 14.6 Å². The molecule has 0 aliphatic carbocycles. The van der Waals surface area contributed by atoms with Crippen molar-refractivity contribution in [3.63, 3.8) is 0 Å². The summed E-state index contributed by atoms with van der Waals surface area (Å²) in [6.45, 7) is 0. The van der Waals surface area contributed by atoms with Gasteiger partial charge in [0.2, 0.25) is 0 Å². The summed E-state index contributed by atoms with van der Waals surface area (Å²) in [5.41, 5.74) is 1.69. The second kappa shape index (κ2) is 3.18. The van der Waals surface area contributed by atoms with Gasteiger partial charge in [0.25, 0.3) is 0 Å². The van der Waals surface area contributed by atoms with Gasteiger partial charge in [-0.1, -0.05) is 27.5 Å². The van der Waals surface area contributed by atoms with Gasteiger partial charge in [-0.3, -0.25) is 0 Å². The maximum Gasteiger partial charge on any atom is 0.164 e. The third kappa shape index (κ3) is 1.41. The first kappa shape index (κ1) is 9.12. The van der Waals surface area contributed by atoms with Gasteiger partial charge in [0.05, 0.1) is 5.52 Å². The van der Waals surface area contributed by atoms with Gasteiger partial charge >= 0.3 is 0 Å². The zero-order valence-electron chi connectivity index (χ0n) is 7.48. The summed E-state index contributed by atoms with van der Waals surface area (Å²) in [4.78, 5) is 4.25. The standard InChI is InChI=1S/C10H5BrClN3/c11-6-1-2-8-7(5-6)10-13-9(12)3-4-15(10)14-8/h1-5H. The van der Waals surface area contributed by atoms with Crippen LogP contribution in [0.5, 0.6) is 0 Å². The van der Waals surface area contributed by atoms with E-state index in [1.54, 1.807) is 16.8 Å². The van der Waals surface area contributed by atoms with Gasteiger partial charge in [-0.15, -0.1) is 0 Å². The van der Waals surface area contributed by atoms with Crippen LogP contribution >= 0.6 is 27.5 Å². The Kier molecular flexibility index (Phi) is 1.94. The minimum atomic E-state index is 0.476. The highest BCUT2D eigenvalue weighted by molar-refractivity contribution is 9.10. The Morgan fingerprint density at radius 2 is 2.13 bits per heavy atom. The maximum atomic E-state index is 5.85. The predicted octanol–water partition coefficient (Wildman–Crippen LogP) is 3.30. The third-order valence-corrected chi connectivity index (χ3v) is 2.90. The highest BCUT2D eigenvalue weighted by Crippen LogP contribution is 2.23. The molecular weight excluding hydrogens is 277 g/mol. The largest absolute Gasteiger partial charge is 0.221 e. The van der Waals surface area contributed by atoms with E-state index >= 15 is 0 Å². The van der Waals surface area contributed by atoms with Crippen molar-refractivity contribution in [2.75, 3.05) is 0 Å². The topological polar surface area (TPSA) is 30.2 Å². The summed E-state index contributed by atoms with van der Waals surface area (Å²) >= 11 is 9.28. The summed E-state index contributed by atoms with van der Waals surface area (Å²) in [6.07, 6.45) is 1.80. The molecule has 0 radical (unpaired) electrons. The van der Waals surface area contributed by atoms with Crippen LogP contribution in [0.1, 0.15) is 0 Å². The lowest BCUT2D eigenvalue weighted by atomic mass is 10.2. The van der Waals surface area contributed by atoms with Crippen molar-refractivity contribution in [3.8, 4) is 0 Å². The van der Waals surface area contributed by atoms with Crippen LogP contribution in [0.3, 0.4) is 0 Å². The van der Waals surface area contributed by atoms with Crippen molar-refractivity contribution in [2.24, 2.45) is 0 Å². The van der Waals surface area contributed by atoms with Crippen LogP contribution in [-0.4, -0.2) is 14.6 Å². The maximum absolute atomic E-state index is 5.85. The number of hydrogen-bond donors (Lipinski definition) is 0. The molecule has 3 rings (SSSR count). The number of hydrogen-bond acceptors (Lipinski definition) is 2. The number of aromatic nitrogens is 3. The second-order valence-electron chi connectivity index (χ2n) is 3.18. The Bertz CT molecular complexity index is 606. The van der Waals surface area contributed by atoms with Crippen LogP contribution in [0.25, 0.3) is 16.6 Å². The average molecular weight is 283 g/mol. The van der Waals surface area contributed by atoms with E-state index in [9.17, 15) is 0 Å². The molecule has 3 aromatic rings. The molecule has 2 heterocycles. The molecular formula is C10H5BrClN3. The van der Waals surface area contributed by atoms with E-state index in [0.717, 1.165) is 21.0 Å². The Morgan fingerprint density at radius 1 is 1.27 bits per heavy atom. The summed E-state index contributed by atoms with van der Waals surface area (Å²) < 4.78 is 2.73. The van der Waals surface area contributed by atoms with Gasteiger partial charge in [-0.25, -0.2) is 9.50 Å². The van der Waals surface area contributed by atoms with Crippen molar-refractivity contribution in [2.45, 2.75) is 0 Å². The smallest absolute Gasteiger partial charge is 0.164 e. The van der Waals surface area contributed by atoms with Gasteiger partial charge < -0.3 is 0 Å². The van der Waals surface area contributed by atoms with Crippen LogP contribution in [-0.2, 0) is 0 Å². The van der Waals surface area contributed by atoms with Crippen LogP contribution in [0.2, 0.25) is 5.15 Å². The fourth-order valence-electron chi connectivity index (χ4n) is 1.55. The molecule has 5 heteroatoms. The zero-order chi connectivity index (χ0) is 10.4. The van der Waals surface area contributed by atoms with E-state index < -0.39 is 0 Å². The molecule has 0 bridgehead atoms. The van der Waals surface area contributed by atoms with Crippen molar-refractivity contribution < 1.29 is 0 Å². The molecule has 15 heavy (non-hydrogen) atoms. The minimum Gasteiger partial charge on any atom is -0.221 e. The third-order valence-electron chi connectivity index (χ3n) is 2.20.